The highest BCUT2D eigenvalue weighted by atomic mass is 35.5. The summed E-state index contributed by atoms with van der Waals surface area (Å²) in [6.07, 6.45) is 1.80. The Bertz CT molecular complexity index is 955. The minimum atomic E-state index is -0.0867. The zero-order chi connectivity index (χ0) is 20.3. The van der Waals surface area contributed by atoms with Crippen LogP contribution in [0.3, 0.4) is 0 Å². The molecule has 3 aromatic rings. The van der Waals surface area contributed by atoms with Gasteiger partial charge in [0, 0.05) is 28.1 Å². The molecule has 0 saturated carbocycles. The van der Waals surface area contributed by atoms with Crippen LogP contribution in [-0.2, 0) is 0 Å². The summed E-state index contributed by atoms with van der Waals surface area (Å²) in [6.45, 7) is 6.56. The third-order valence-electron chi connectivity index (χ3n) is 4.82. The van der Waals surface area contributed by atoms with Gasteiger partial charge in [-0.25, -0.2) is 0 Å². The third-order valence-corrected chi connectivity index (χ3v) is 5.54. The molecule has 0 fully saturated rings. The van der Waals surface area contributed by atoms with E-state index in [-0.39, 0.29) is 11.9 Å². The van der Waals surface area contributed by atoms with E-state index in [4.69, 9.17) is 27.9 Å². The van der Waals surface area contributed by atoms with E-state index >= 15 is 0 Å². The maximum absolute atomic E-state index is 12.6. The van der Waals surface area contributed by atoms with Crippen LogP contribution in [0, 0.1) is 0 Å². The first-order chi connectivity index (χ1) is 13.5. The molecule has 0 radical (unpaired) electrons. The van der Waals surface area contributed by atoms with Gasteiger partial charge in [0.05, 0.1) is 22.3 Å². The van der Waals surface area contributed by atoms with Crippen LogP contribution in [0.1, 0.15) is 44.0 Å². The number of aromatic amines is 1. The molecule has 2 aromatic carbocycles. The second-order valence-electron chi connectivity index (χ2n) is 6.67. The Morgan fingerprint density at radius 1 is 1.07 bits per heavy atom. The Hall–Kier alpha value is -2.17. The van der Waals surface area contributed by atoms with Crippen molar-refractivity contribution in [2.45, 2.75) is 39.7 Å². The van der Waals surface area contributed by atoms with Crippen LogP contribution in [-0.4, -0.2) is 23.5 Å². The fraction of sp³-hybridized carbons (Fsp3) is 0.318. The second-order valence-corrected chi connectivity index (χ2v) is 7.48. The number of benzene rings is 2. The zero-order valence-electron chi connectivity index (χ0n) is 16.2. The van der Waals surface area contributed by atoms with E-state index < -0.39 is 0 Å². The number of carbonyl (C=O) groups is 1. The van der Waals surface area contributed by atoms with Crippen molar-refractivity contribution in [3.8, 4) is 17.0 Å². The number of carbonyl (C=O) groups excluding carboxylic acids is 1. The normalized spacial score (nSPS) is 11.2. The molecule has 3 rings (SSSR count). The minimum absolute atomic E-state index is 0.0867. The van der Waals surface area contributed by atoms with E-state index in [1.165, 1.54) is 0 Å². The Morgan fingerprint density at radius 3 is 2.46 bits per heavy atom. The number of hydrogen-bond acceptors (Lipinski definition) is 2. The number of nitrogens with one attached hydrogen (secondary N) is 2. The summed E-state index contributed by atoms with van der Waals surface area (Å²) < 4.78 is 5.83. The zero-order valence-corrected chi connectivity index (χ0v) is 17.7. The molecular weight excluding hydrogens is 395 g/mol. The SMILES string of the molecule is CCOc1cc(C(=O)NC(CC)CC)ccc1-c1cc2cc(Cl)c(Cl)cc2[nH]1. The standard InChI is InChI=1S/C22H24Cl2N2O2/c1-4-15(5-2)25-22(27)13-7-8-16(21(11-13)28-6-3)20-10-14-9-17(23)18(24)12-19(14)26-20/h7-12,15,26H,4-6H2,1-3H3,(H,25,27). The van der Waals surface area contributed by atoms with Gasteiger partial charge in [-0.1, -0.05) is 37.0 Å². The summed E-state index contributed by atoms with van der Waals surface area (Å²) in [5.74, 6) is 0.569. The van der Waals surface area contributed by atoms with Crippen molar-refractivity contribution in [2.24, 2.45) is 0 Å². The first kappa shape index (κ1) is 20.6. The van der Waals surface area contributed by atoms with Crippen LogP contribution >= 0.6 is 23.2 Å². The lowest BCUT2D eigenvalue weighted by Gasteiger charge is -2.16. The van der Waals surface area contributed by atoms with E-state index in [0.717, 1.165) is 35.0 Å². The second kappa shape index (κ2) is 8.89. The molecule has 0 aliphatic heterocycles. The first-order valence-corrected chi connectivity index (χ1v) is 10.3. The smallest absolute Gasteiger partial charge is 0.251 e. The van der Waals surface area contributed by atoms with E-state index in [9.17, 15) is 4.79 Å². The van der Waals surface area contributed by atoms with Crippen molar-refractivity contribution in [3.05, 3.63) is 52.0 Å². The van der Waals surface area contributed by atoms with Gasteiger partial charge in [0.2, 0.25) is 0 Å². The maximum atomic E-state index is 12.6. The van der Waals surface area contributed by atoms with Crippen molar-refractivity contribution in [1.29, 1.82) is 0 Å². The molecule has 6 heteroatoms. The van der Waals surface area contributed by atoms with Gasteiger partial charge in [-0.3, -0.25) is 4.79 Å². The predicted molar refractivity (Wildman–Crippen MR) is 117 cm³/mol. The number of ether oxygens (including phenoxy) is 1. The molecule has 0 saturated heterocycles. The number of H-pyrrole nitrogens is 1. The van der Waals surface area contributed by atoms with Crippen molar-refractivity contribution in [2.75, 3.05) is 6.61 Å². The predicted octanol–water partition coefficient (Wildman–Crippen LogP) is 6.46. The largest absolute Gasteiger partial charge is 0.493 e. The van der Waals surface area contributed by atoms with Gasteiger partial charge in [-0.15, -0.1) is 0 Å². The molecule has 0 aliphatic rings. The molecular formula is C22H24Cl2N2O2. The third kappa shape index (κ3) is 4.29. The molecule has 0 atom stereocenters. The molecule has 0 spiro atoms. The molecule has 1 amide bonds. The van der Waals surface area contributed by atoms with Crippen molar-refractivity contribution < 1.29 is 9.53 Å². The van der Waals surface area contributed by atoms with Crippen LogP contribution < -0.4 is 10.1 Å². The van der Waals surface area contributed by atoms with Crippen molar-refractivity contribution >= 4 is 40.0 Å². The Morgan fingerprint density at radius 2 is 1.79 bits per heavy atom. The van der Waals surface area contributed by atoms with Crippen LogP contribution in [0.5, 0.6) is 5.75 Å². The van der Waals surface area contributed by atoms with Gasteiger partial charge in [0.25, 0.3) is 5.91 Å². The quantitative estimate of drug-likeness (QED) is 0.462. The molecule has 1 aromatic heterocycles. The Kier molecular flexibility index (Phi) is 6.53. The van der Waals surface area contributed by atoms with Gasteiger partial charge in [0.15, 0.2) is 0 Å². The average Bonchev–Trinajstić information content (AvgIpc) is 3.08. The molecule has 0 unspecified atom stereocenters. The summed E-state index contributed by atoms with van der Waals surface area (Å²) in [5, 5.41) is 5.04. The molecule has 0 aliphatic carbocycles. The highest BCUT2D eigenvalue weighted by molar-refractivity contribution is 6.42. The minimum Gasteiger partial charge on any atom is -0.493 e. The molecule has 0 bridgehead atoms. The number of aromatic nitrogens is 1. The topological polar surface area (TPSA) is 54.1 Å². The number of amides is 1. The average molecular weight is 419 g/mol. The van der Waals surface area contributed by atoms with Crippen LogP contribution in [0.25, 0.3) is 22.2 Å². The monoisotopic (exact) mass is 418 g/mol. The number of rotatable bonds is 7. The van der Waals surface area contributed by atoms with Crippen molar-refractivity contribution in [1.82, 2.24) is 10.3 Å². The van der Waals surface area contributed by atoms with Crippen molar-refractivity contribution in [3.63, 3.8) is 0 Å². The Balaban J connectivity index is 1.98. The van der Waals surface area contributed by atoms with Gasteiger partial charge >= 0.3 is 0 Å². The lowest BCUT2D eigenvalue weighted by Crippen LogP contribution is -2.33. The fourth-order valence-electron chi connectivity index (χ4n) is 3.19. The van der Waals surface area contributed by atoms with E-state index in [2.05, 4.69) is 24.1 Å². The van der Waals surface area contributed by atoms with E-state index in [0.29, 0.717) is 28.0 Å². The number of fused-ring (bicyclic) bond motifs is 1. The summed E-state index contributed by atoms with van der Waals surface area (Å²) in [5.41, 5.74) is 3.23. The molecule has 2 N–H and O–H groups in total. The lowest BCUT2D eigenvalue weighted by molar-refractivity contribution is 0.0934. The highest BCUT2D eigenvalue weighted by Crippen LogP contribution is 2.35. The highest BCUT2D eigenvalue weighted by Gasteiger charge is 2.16. The molecule has 28 heavy (non-hydrogen) atoms. The summed E-state index contributed by atoms with van der Waals surface area (Å²) >= 11 is 12.3. The summed E-state index contributed by atoms with van der Waals surface area (Å²) in [6, 6.07) is 11.3. The van der Waals surface area contributed by atoms with Gasteiger partial charge in [0.1, 0.15) is 5.75 Å². The van der Waals surface area contributed by atoms with Crippen LogP contribution in [0.15, 0.2) is 36.4 Å². The molecule has 4 nitrogen and oxygen atoms in total. The molecule has 1 heterocycles. The molecule has 148 valence electrons. The maximum Gasteiger partial charge on any atom is 0.251 e. The van der Waals surface area contributed by atoms with Crippen LogP contribution in [0.4, 0.5) is 0 Å². The first-order valence-electron chi connectivity index (χ1n) is 9.52. The Labute approximate surface area is 175 Å². The van der Waals surface area contributed by atoms with Gasteiger partial charge in [-0.05, 0) is 56.2 Å². The summed E-state index contributed by atoms with van der Waals surface area (Å²) in [4.78, 5) is 15.9. The van der Waals surface area contributed by atoms with Gasteiger partial charge in [-0.2, -0.15) is 0 Å². The number of halogens is 2. The fourth-order valence-corrected chi connectivity index (χ4v) is 3.53. The lowest BCUT2D eigenvalue weighted by atomic mass is 10.1. The van der Waals surface area contributed by atoms with Gasteiger partial charge < -0.3 is 15.0 Å². The van der Waals surface area contributed by atoms with Crippen LogP contribution in [0.2, 0.25) is 10.0 Å². The van der Waals surface area contributed by atoms with E-state index in [1.807, 2.05) is 31.2 Å². The van der Waals surface area contributed by atoms with E-state index in [1.54, 1.807) is 12.1 Å². The summed E-state index contributed by atoms with van der Waals surface area (Å²) in [7, 11) is 0. The number of hydrogen-bond donors (Lipinski definition) is 2.